The summed E-state index contributed by atoms with van der Waals surface area (Å²) < 4.78 is 11.1. The summed E-state index contributed by atoms with van der Waals surface area (Å²) in [4.78, 5) is 26.1. The number of amides is 1. The van der Waals surface area contributed by atoms with Crippen molar-refractivity contribution >= 4 is 57.9 Å². The highest BCUT2D eigenvalue weighted by Crippen LogP contribution is 2.33. The van der Waals surface area contributed by atoms with E-state index in [9.17, 15) is 9.59 Å². The van der Waals surface area contributed by atoms with E-state index >= 15 is 0 Å². The topological polar surface area (TPSA) is 55.8 Å². The zero-order valence-electron chi connectivity index (χ0n) is 16.3. The molecule has 1 aliphatic heterocycles. The highest BCUT2D eigenvalue weighted by Gasteiger charge is 2.32. The molecule has 0 radical (unpaired) electrons. The first-order valence-electron chi connectivity index (χ1n) is 9.34. The van der Waals surface area contributed by atoms with Gasteiger partial charge in [0.1, 0.15) is 16.7 Å². The van der Waals surface area contributed by atoms with Crippen molar-refractivity contribution in [1.29, 1.82) is 0 Å². The van der Waals surface area contributed by atoms with E-state index in [0.717, 1.165) is 16.9 Å². The zero-order chi connectivity index (χ0) is 21.5. The van der Waals surface area contributed by atoms with E-state index in [1.165, 1.54) is 16.7 Å². The highest BCUT2D eigenvalue weighted by molar-refractivity contribution is 8.26. The van der Waals surface area contributed by atoms with Gasteiger partial charge in [-0.1, -0.05) is 59.8 Å². The van der Waals surface area contributed by atoms with Gasteiger partial charge < -0.3 is 9.47 Å². The van der Waals surface area contributed by atoms with E-state index in [4.69, 9.17) is 33.3 Å². The summed E-state index contributed by atoms with van der Waals surface area (Å²) in [7, 11) is 0. The molecule has 1 amide bonds. The van der Waals surface area contributed by atoms with Gasteiger partial charge in [0.25, 0.3) is 5.91 Å². The van der Waals surface area contributed by atoms with Crippen molar-refractivity contribution in [2.45, 2.75) is 20.0 Å². The van der Waals surface area contributed by atoms with Crippen molar-refractivity contribution < 1.29 is 19.1 Å². The van der Waals surface area contributed by atoms with E-state index in [2.05, 4.69) is 0 Å². The van der Waals surface area contributed by atoms with E-state index < -0.39 is 0 Å². The molecule has 0 bridgehead atoms. The molecule has 2 aromatic carbocycles. The summed E-state index contributed by atoms with van der Waals surface area (Å²) in [5.74, 6) is 0.186. The number of nitrogens with zero attached hydrogens (tertiary/aromatic N) is 1. The Labute approximate surface area is 190 Å². The van der Waals surface area contributed by atoms with Crippen LogP contribution in [0, 0.1) is 0 Å². The average molecular weight is 462 g/mol. The number of hydrogen-bond donors (Lipinski definition) is 0. The third-order valence-electron chi connectivity index (χ3n) is 4.22. The molecule has 1 aliphatic rings. The van der Waals surface area contributed by atoms with Crippen LogP contribution in [0.1, 0.15) is 24.5 Å². The molecule has 5 nitrogen and oxygen atoms in total. The number of esters is 1. The van der Waals surface area contributed by atoms with Crippen LogP contribution in [0.15, 0.2) is 53.4 Å². The lowest BCUT2D eigenvalue weighted by atomic mass is 10.2. The highest BCUT2D eigenvalue weighted by atomic mass is 35.5. The van der Waals surface area contributed by atoms with Gasteiger partial charge >= 0.3 is 5.97 Å². The molecule has 30 heavy (non-hydrogen) atoms. The number of thioether (sulfide) groups is 1. The molecule has 2 aromatic rings. The van der Waals surface area contributed by atoms with Gasteiger partial charge in [-0.05, 0) is 48.4 Å². The van der Waals surface area contributed by atoms with Crippen LogP contribution in [0.3, 0.4) is 0 Å². The maximum atomic E-state index is 12.6. The molecule has 0 unspecified atom stereocenters. The number of thiocarbonyl (C=S) groups is 1. The van der Waals surface area contributed by atoms with Crippen molar-refractivity contribution in [2.24, 2.45) is 0 Å². The first kappa shape index (κ1) is 22.3. The lowest BCUT2D eigenvalue weighted by Crippen LogP contribution is -2.30. The summed E-state index contributed by atoms with van der Waals surface area (Å²) in [6.07, 6.45) is 1.90. The quantitative estimate of drug-likeness (QED) is 0.310. The first-order valence-corrected chi connectivity index (χ1v) is 10.9. The average Bonchev–Trinajstić information content (AvgIpc) is 3.00. The fraction of sp³-hybridized carbons (Fsp3) is 0.227. The number of rotatable bonds is 8. The number of carbonyl (C=O) groups is 2. The summed E-state index contributed by atoms with van der Waals surface area (Å²) in [5.41, 5.74) is 1.88. The summed E-state index contributed by atoms with van der Waals surface area (Å²) >= 11 is 12.4. The van der Waals surface area contributed by atoms with Crippen LogP contribution in [0.25, 0.3) is 6.08 Å². The predicted molar refractivity (Wildman–Crippen MR) is 123 cm³/mol. The van der Waals surface area contributed by atoms with Gasteiger partial charge in [-0.3, -0.25) is 14.5 Å². The van der Waals surface area contributed by atoms with Gasteiger partial charge in [0.15, 0.2) is 0 Å². The smallest absolute Gasteiger partial charge is 0.307 e. The maximum Gasteiger partial charge on any atom is 0.307 e. The van der Waals surface area contributed by atoms with Crippen LogP contribution in [-0.4, -0.2) is 34.2 Å². The van der Waals surface area contributed by atoms with Gasteiger partial charge in [-0.15, -0.1) is 0 Å². The van der Waals surface area contributed by atoms with Gasteiger partial charge in [0, 0.05) is 11.6 Å². The Hall–Kier alpha value is -2.35. The van der Waals surface area contributed by atoms with Crippen molar-refractivity contribution in [1.82, 2.24) is 4.90 Å². The SMILES string of the molecule is CCOC(=O)CCN1C(=O)/C(=C/c2ccc(OCc3ccc(Cl)cc3)cc2)SC1=S. The van der Waals surface area contributed by atoms with Gasteiger partial charge in [-0.25, -0.2) is 0 Å². The minimum absolute atomic E-state index is 0.118. The molecule has 0 aliphatic carbocycles. The third kappa shape index (κ3) is 6.08. The monoisotopic (exact) mass is 461 g/mol. The van der Waals surface area contributed by atoms with Crippen LogP contribution < -0.4 is 4.74 Å². The number of ether oxygens (including phenoxy) is 2. The standard InChI is InChI=1S/C22H20ClNO4S2/c1-2-27-20(25)11-12-24-21(26)19(30-22(24)29)13-15-5-9-18(10-6-15)28-14-16-3-7-17(23)8-4-16/h3-10,13H,2,11-12,14H2,1H3/b19-13-. The molecular formula is C22H20ClNO4S2. The number of benzene rings is 2. The molecular weight excluding hydrogens is 442 g/mol. The fourth-order valence-electron chi connectivity index (χ4n) is 2.69. The molecule has 8 heteroatoms. The second-order valence-corrected chi connectivity index (χ2v) is 8.48. The van der Waals surface area contributed by atoms with Crippen molar-refractivity contribution in [2.75, 3.05) is 13.2 Å². The normalized spacial score (nSPS) is 15.0. The van der Waals surface area contributed by atoms with E-state index in [1.807, 2.05) is 48.5 Å². The Bertz CT molecular complexity index is 958. The summed E-state index contributed by atoms with van der Waals surface area (Å²) in [6.45, 7) is 2.72. The Morgan fingerprint density at radius 1 is 1.17 bits per heavy atom. The second-order valence-electron chi connectivity index (χ2n) is 6.37. The lowest BCUT2D eigenvalue weighted by Gasteiger charge is -2.13. The first-order chi connectivity index (χ1) is 14.5. The summed E-state index contributed by atoms with van der Waals surface area (Å²) in [6, 6.07) is 14.9. The van der Waals surface area contributed by atoms with Crippen molar-refractivity contribution in [3.63, 3.8) is 0 Å². The molecule has 156 valence electrons. The van der Waals surface area contributed by atoms with Crippen LogP contribution in [0.2, 0.25) is 5.02 Å². The van der Waals surface area contributed by atoms with Gasteiger partial charge in [0.05, 0.1) is 17.9 Å². The minimum Gasteiger partial charge on any atom is -0.489 e. The van der Waals surface area contributed by atoms with Crippen LogP contribution in [0.5, 0.6) is 5.75 Å². The largest absolute Gasteiger partial charge is 0.489 e. The number of carbonyl (C=O) groups excluding carboxylic acids is 2. The molecule has 0 spiro atoms. The van der Waals surface area contributed by atoms with Gasteiger partial charge in [-0.2, -0.15) is 0 Å². The molecule has 0 atom stereocenters. The molecule has 0 aromatic heterocycles. The zero-order valence-corrected chi connectivity index (χ0v) is 18.7. The number of hydrogen-bond acceptors (Lipinski definition) is 6. The Kier molecular flexibility index (Phi) is 7.90. The molecule has 1 saturated heterocycles. The summed E-state index contributed by atoms with van der Waals surface area (Å²) in [5, 5.41) is 0.689. The Balaban J connectivity index is 1.58. The van der Waals surface area contributed by atoms with Crippen molar-refractivity contribution in [3.8, 4) is 5.75 Å². The van der Waals surface area contributed by atoms with Gasteiger partial charge in [0.2, 0.25) is 0 Å². The molecule has 1 fully saturated rings. The lowest BCUT2D eigenvalue weighted by molar-refractivity contribution is -0.143. The molecule has 0 saturated carbocycles. The van der Waals surface area contributed by atoms with Crippen LogP contribution >= 0.6 is 35.6 Å². The fourth-order valence-corrected chi connectivity index (χ4v) is 4.12. The third-order valence-corrected chi connectivity index (χ3v) is 5.84. The van der Waals surface area contributed by atoms with Crippen LogP contribution in [-0.2, 0) is 20.9 Å². The predicted octanol–water partition coefficient (Wildman–Crippen LogP) is 5.07. The van der Waals surface area contributed by atoms with Crippen LogP contribution in [0.4, 0.5) is 0 Å². The Morgan fingerprint density at radius 2 is 1.87 bits per heavy atom. The minimum atomic E-state index is -0.343. The molecule has 3 rings (SSSR count). The van der Waals surface area contributed by atoms with E-state index in [0.29, 0.717) is 27.5 Å². The number of halogens is 1. The van der Waals surface area contributed by atoms with E-state index in [-0.39, 0.29) is 24.8 Å². The molecule has 1 heterocycles. The van der Waals surface area contributed by atoms with Crippen molar-refractivity contribution in [3.05, 3.63) is 69.6 Å². The second kappa shape index (κ2) is 10.6. The van der Waals surface area contributed by atoms with E-state index in [1.54, 1.807) is 13.0 Å². The maximum absolute atomic E-state index is 12.6. The Morgan fingerprint density at radius 3 is 2.53 bits per heavy atom. The molecule has 0 N–H and O–H groups in total.